The lowest BCUT2D eigenvalue weighted by Crippen LogP contribution is -1.81. The minimum Gasteiger partial charge on any atom is -0.344 e. The van der Waals surface area contributed by atoms with Crippen LogP contribution in [0.2, 0.25) is 0 Å². The Labute approximate surface area is 94.8 Å². The van der Waals surface area contributed by atoms with Crippen LogP contribution in [0, 0.1) is 0 Å². The van der Waals surface area contributed by atoms with E-state index in [4.69, 9.17) is 0 Å². The average molecular weight is 207 g/mol. The van der Waals surface area contributed by atoms with E-state index in [9.17, 15) is 0 Å². The van der Waals surface area contributed by atoms with Crippen molar-refractivity contribution in [3.05, 3.63) is 41.5 Å². The summed E-state index contributed by atoms with van der Waals surface area (Å²) in [6.07, 6.45) is 6.60. The normalized spacial score (nSPS) is 9.07. The van der Waals surface area contributed by atoms with Crippen LogP contribution in [0.1, 0.15) is 45.2 Å². The quantitative estimate of drug-likeness (QED) is 0.754. The molecule has 0 saturated carbocycles. The lowest BCUT2D eigenvalue weighted by atomic mass is 10.1. The summed E-state index contributed by atoms with van der Waals surface area (Å²) >= 11 is 0. The Kier molecular flexibility index (Phi) is 12.0. The van der Waals surface area contributed by atoms with Crippen molar-refractivity contribution in [3.8, 4) is 0 Å². The molecule has 86 valence electrons. The highest BCUT2D eigenvalue weighted by Gasteiger charge is 1.89. The van der Waals surface area contributed by atoms with Gasteiger partial charge in [-0.2, -0.15) is 0 Å². The van der Waals surface area contributed by atoms with Crippen molar-refractivity contribution in [1.82, 2.24) is 6.15 Å². The first-order valence-corrected chi connectivity index (χ1v) is 5.58. The molecule has 0 atom stereocenters. The molecule has 0 fully saturated rings. The van der Waals surface area contributed by atoms with E-state index in [1.165, 1.54) is 24.0 Å². The van der Waals surface area contributed by atoms with Gasteiger partial charge in [0.25, 0.3) is 0 Å². The standard InChI is InChI=1S/C12H16.C2H6.H3N/c1-3-5-11-7-9-12(6-4-2)10-8-11;1-2;/h3,5,7-10H,4,6H2,1-2H3;1-2H3;1H3/b5-3+;;. The fraction of sp³-hybridized carbons (Fsp3) is 0.429. The molecule has 1 aromatic rings. The van der Waals surface area contributed by atoms with Crippen LogP contribution in [0.3, 0.4) is 0 Å². The van der Waals surface area contributed by atoms with Crippen LogP contribution >= 0.6 is 0 Å². The third kappa shape index (κ3) is 6.92. The van der Waals surface area contributed by atoms with Crippen LogP contribution in [-0.4, -0.2) is 0 Å². The number of hydrogen-bond donors (Lipinski definition) is 1. The molecule has 0 radical (unpaired) electrons. The van der Waals surface area contributed by atoms with E-state index in [0.717, 1.165) is 0 Å². The fourth-order valence-corrected chi connectivity index (χ4v) is 1.28. The smallest absolute Gasteiger partial charge is 0.0260 e. The molecular formula is C14H25N. The largest absolute Gasteiger partial charge is 0.344 e. The summed E-state index contributed by atoms with van der Waals surface area (Å²) < 4.78 is 0. The first-order valence-electron chi connectivity index (χ1n) is 5.58. The highest BCUT2D eigenvalue weighted by molar-refractivity contribution is 5.49. The molecule has 0 unspecified atom stereocenters. The Morgan fingerprint density at radius 3 is 2.00 bits per heavy atom. The summed E-state index contributed by atoms with van der Waals surface area (Å²) in [5.41, 5.74) is 2.73. The van der Waals surface area contributed by atoms with Crippen LogP contribution < -0.4 is 6.15 Å². The van der Waals surface area contributed by atoms with E-state index in [0.29, 0.717) is 0 Å². The lowest BCUT2D eigenvalue weighted by molar-refractivity contribution is 0.922. The number of aryl methyl sites for hydroxylation is 1. The zero-order valence-corrected chi connectivity index (χ0v) is 10.6. The second-order valence-corrected chi connectivity index (χ2v) is 2.99. The topological polar surface area (TPSA) is 35.0 Å². The number of benzene rings is 1. The van der Waals surface area contributed by atoms with E-state index in [1.807, 2.05) is 20.8 Å². The first-order chi connectivity index (χ1) is 6.86. The van der Waals surface area contributed by atoms with Gasteiger partial charge < -0.3 is 6.15 Å². The predicted octanol–water partition coefficient (Wildman–Crippen LogP) is 4.86. The number of rotatable bonds is 3. The average Bonchev–Trinajstić information content (AvgIpc) is 2.25. The second-order valence-electron chi connectivity index (χ2n) is 2.99. The minimum atomic E-state index is 0. The van der Waals surface area contributed by atoms with Gasteiger partial charge in [0.05, 0.1) is 0 Å². The first kappa shape index (κ1) is 16.4. The Balaban J connectivity index is 0. The maximum absolute atomic E-state index is 2.21. The van der Waals surface area contributed by atoms with Gasteiger partial charge in [0.15, 0.2) is 0 Å². The molecule has 3 N–H and O–H groups in total. The SMILES string of the molecule is C/C=C/c1ccc(CCC)cc1.CC.N. The maximum Gasteiger partial charge on any atom is -0.0260 e. The number of allylic oxidation sites excluding steroid dienone is 1. The van der Waals surface area contributed by atoms with Gasteiger partial charge in [0, 0.05) is 0 Å². The molecule has 0 bridgehead atoms. The summed E-state index contributed by atoms with van der Waals surface area (Å²) in [7, 11) is 0. The molecule has 1 rings (SSSR count). The minimum absolute atomic E-state index is 0. The molecule has 0 amide bonds. The van der Waals surface area contributed by atoms with Crippen molar-refractivity contribution in [3.63, 3.8) is 0 Å². The van der Waals surface area contributed by atoms with Gasteiger partial charge in [-0.25, -0.2) is 0 Å². The van der Waals surface area contributed by atoms with Gasteiger partial charge in [0.2, 0.25) is 0 Å². The van der Waals surface area contributed by atoms with E-state index in [-0.39, 0.29) is 6.15 Å². The molecule has 0 aliphatic heterocycles. The third-order valence-corrected chi connectivity index (χ3v) is 1.88. The molecule has 0 heterocycles. The van der Waals surface area contributed by atoms with Crippen molar-refractivity contribution >= 4 is 6.08 Å². The van der Waals surface area contributed by atoms with E-state index in [1.54, 1.807) is 0 Å². The van der Waals surface area contributed by atoms with E-state index in [2.05, 4.69) is 43.3 Å². The van der Waals surface area contributed by atoms with Crippen molar-refractivity contribution in [1.29, 1.82) is 0 Å². The number of hydrogen-bond acceptors (Lipinski definition) is 1. The Morgan fingerprint density at radius 2 is 1.60 bits per heavy atom. The second kappa shape index (κ2) is 11.0. The molecule has 0 aliphatic carbocycles. The van der Waals surface area contributed by atoms with E-state index >= 15 is 0 Å². The van der Waals surface area contributed by atoms with Gasteiger partial charge >= 0.3 is 0 Å². The molecule has 1 aromatic carbocycles. The van der Waals surface area contributed by atoms with Crippen molar-refractivity contribution in [2.75, 3.05) is 0 Å². The van der Waals surface area contributed by atoms with Gasteiger partial charge in [-0.1, -0.05) is 63.6 Å². The van der Waals surface area contributed by atoms with Crippen molar-refractivity contribution in [2.24, 2.45) is 0 Å². The third-order valence-electron chi connectivity index (χ3n) is 1.88. The Morgan fingerprint density at radius 1 is 1.07 bits per heavy atom. The molecule has 0 spiro atoms. The fourth-order valence-electron chi connectivity index (χ4n) is 1.28. The zero-order valence-electron chi connectivity index (χ0n) is 10.6. The Bertz CT molecular complexity index is 247. The van der Waals surface area contributed by atoms with Crippen LogP contribution in [0.15, 0.2) is 30.3 Å². The van der Waals surface area contributed by atoms with Crippen LogP contribution in [0.4, 0.5) is 0 Å². The predicted molar refractivity (Wildman–Crippen MR) is 71.5 cm³/mol. The summed E-state index contributed by atoms with van der Waals surface area (Å²) in [4.78, 5) is 0. The summed E-state index contributed by atoms with van der Waals surface area (Å²) in [5, 5.41) is 0. The maximum atomic E-state index is 2.21. The van der Waals surface area contributed by atoms with Gasteiger partial charge in [-0.05, 0) is 24.5 Å². The summed E-state index contributed by atoms with van der Waals surface area (Å²) in [6, 6.07) is 8.76. The lowest BCUT2D eigenvalue weighted by Gasteiger charge is -1.98. The molecule has 1 heteroatoms. The Hall–Kier alpha value is -1.08. The monoisotopic (exact) mass is 207 g/mol. The molecule has 1 nitrogen and oxygen atoms in total. The van der Waals surface area contributed by atoms with Crippen molar-refractivity contribution < 1.29 is 0 Å². The summed E-state index contributed by atoms with van der Waals surface area (Å²) in [6.45, 7) is 8.25. The molecule has 15 heavy (non-hydrogen) atoms. The van der Waals surface area contributed by atoms with Crippen LogP contribution in [0.5, 0.6) is 0 Å². The molecular weight excluding hydrogens is 182 g/mol. The van der Waals surface area contributed by atoms with Crippen LogP contribution in [0.25, 0.3) is 6.08 Å². The molecule has 0 saturated heterocycles. The summed E-state index contributed by atoms with van der Waals surface area (Å²) in [5.74, 6) is 0. The highest BCUT2D eigenvalue weighted by atomic mass is 14.0. The molecule has 0 aliphatic rings. The van der Waals surface area contributed by atoms with Gasteiger partial charge in [0.1, 0.15) is 0 Å². The van der Waals surface area contributed by atoms with Crippen LogP contribution in [-0.2, 0) is 6.42 Å². The molecule has 0 aromatic heterocycles. The van der Waals surface area contributed by atoms with Gasteiger partial charge in [-0.3, -0.25) is 0 Å². The van der Waals surface area contributed by atoms with Gasteiger partial charge in [-0.15, -0.1) is 0 Å². The highest BCUT2D eigenvalue weighted by Crippen LogP contribution is 2.07. The zero-order chi connectivity index (χ0) is 10.8. The van der Waals surface area contributed by atoms with E-state index < -0.39 is 0 Å². The van der Waals surface area contributed by atoms with Crippen molar-refractivity contribution in [2.45, 2.75) is 40.5 Å².